The Labute approximate surface area is 127 Å². The van der Waals surface area contributed by atoms with Crippen LogP contribution in [0.5, 0.6) is 5.75 Å². The molecule has 4 nitrogen and oxygen atoms in total. The number of phenols is 1. The van der Waals surface area contributed by atoms with Gasteiger partial charge in [0.2, 0.25) is 0 Å². The lowest BCUT2D eigenvalue weighted by atomic mass is 10.1. The zero-order valence-electron chi connectivity index (χ0n) is 11.7. The number of benzene rings is 3. The van der Waals surface area contributed by atoms with Gasteiger partial charge in [0, 0.05) is 17.2 Å². The molecule has 22 heavy (non-hydrogen) atoms. The van der Waals surface area contributed by atoms with E-state index in [4.69, 9.17) is 5.73 Å². The first-order valence-electron chi connectivity index (χ1n) is 6.80. The predicted molar refractivity (Wildman–Crippen MR) is 87.8 cm³/mol. The number of nitrogens with zero attached hydrogens (tertiary/aromatic N) is 1. The van der Waals surface area contributed by atoms with Crippen LogP contribution in [-0.4, -0.2) is 17.2 Å². The van der Waals surface area contributed by atoms with Crippen molar-refractivity contribution in [2.45, 2.75) is 0 Å². The standard InChI is InChI=1S/C18H14N2O2/c19-18(22)15-7-3-4-8-16(15)20-11-13-10-9-12-5-1-2-6-14(12)17(13)21/h1-11,21H,(H2,19,22). The Kier molecular flexibility index (Phi) is 3.58. The van der Waals surface area contributed by atoms with E-state index in [1.807, 2.05) is 30.3 Å². The molecule has 0 radical (unpaired) electrons. The Balaban J connectivity index is 2.03. The van der Waals surface area contributed by atoms with Gasteiger partial charge in [-0.1, -0.05) is 42.5 Å². The van der Waals surface area contributed by atoms with Gasteiger partial charge in [-0.15, -0.1) is 0 Å². The van der Waals surface area contributed by atoms with E-state index in [0.29, 0.717) is 16.8 Å². The van der Waals surface area contributed by atoms with Crippen LogP contribution in [0.15, 0.2) is 65.7 Å². The Morgan fingerprint density at radius 1 is 1.00 bits per heavy atom. The van der Waals surface area contributed by atoms with Gasteiger partial charge in [0.1, 0.15) is 5.75 Å². The molecule has 3 aromatic carbocycles. The van der Waals surface area contributed by atoms with Crippen LogP contribution < -0.4 is 5.73 Å². The summed E-state index contributed by atoms with van der Waals surface area (Å²) in [4.78, 5) is 15.7. The minimum absolute atomic E-state index is 0.165. The van der Waals surface area contributed by atoms with Crippen LogP contribution in [-0.2, 0) is 0 Å². The molecule has 3 N–H and O–H groups in total. The Bertz CT molecular complexity index is 885. The molecule has 0 bridgehead atoms. The molecule has 0 heterocycles. The minimum Gasteiger partial charge on any atom is -0.507 e. The Morgan fingerprint density at radius 2 is 1.73 bits per heavy atom. The van der Waals surface area contributed by atoms with Gasteiger partial charge < -0.3 is 10.8 Å². The molecule has 3 rings (SSSR count). The highest BCUT2D eigenvalue weighted by Gasteiger charge is 2.07. The van der Waals surface area contributed by atoms with Crippen LogP contribution in [0.25, 0.3) is 10.8 Å². The van der Waals surface area contributed by atoms with E-state index < -0.39 is 5.91 Å². The van der Waals surface area contributed by atoms with Crippen molar-refractivity contribution < 1.29 is 9.90 Å². The summed E-state index contributed by atoms with van der Waals surface area (Å²) >= 11 is 0. The van der Waals surface area contributed by atoms with Gasteiger partial charge in [-0.05, 0) is 23.6 Å². The second kappa shape index (κ2) is 5.69. The van der Waals surface area contributed by atoms with Crippen LogP contribution in [0.1, 0.15) is 15.9 Å². The minimum atomic E-state index is -0.532. The van der Waals surface area contributed by atoms with Crippen molar-refractivity contribution in [3.63, 3.8) is 0 Å². The van der Waals surface area contributed by atoms with Crippen LogP contribution in [0.3, 0.4) is 0 Å². The van der Waals surface area contributed by atoms with Crippen LogP contribution in [0.2, 0.25) is 0 Å². The topological polar surface area (TPSA) is 75.7 Å². The number of rotatable bonds is 3. The summed E-state index contributed by atoms with van der Waals surface area (Å²) in [7, 11) is 0. The summed E-state index contributed by atoms with van der Waals surface area (Å²) in [5.41, 5.74) is 6.73. The first-order chi connectivity index (χ1) is 10.7. The Morgan fingerprint density at radius 3 is 2.55 bits per heavy atom. The lowest BCUT2D eigenvalue weighted by Gasteiger charge is -2.05. The maximum absolute atomic E-state index is 11.4. The first kappa shape index (κ1) is 13.8. The fraction of sp³-hybridized carbons (Fsp3) is 0. The highest BCUT2D eigenvalue weighted by molar-refractivity contribution is 6.00. The summed E-state index contributed by atoms with van der Waals surface area (Å²) in [6.07, 6.45) is 1.53. The van der Waals surface area contributed by atoms with Crippen molar-refractivity contribution in [2.75, 3.05) is 0 Å². The van der Waals surface area contributed by atoms with Crippen molar-refractivity contribution in [3.8, 4) is 5.75 Å². The molecule has 1 amide bonds. The van der Waals surface area contributed by atoms with E-state index >= 15 is 0 Å². The number of hydrogen-bond donors (Lipinski definition) is 2. The van der Waals surface area contributed by atoms with Crippen molar-refractivity contribution in [1.82, 2.24) is 0 Å². The summed E-state index contributed by atoms with van der Waals surface area (Å²) in [5, 5.41) is 12.0. The molecule has 4 heteroatoms. The average Bonchev–Trinajstić information content (AvgIpc) is 2.55. The third-order valence-electron chi connectivity index (χ3n) is 3.44. The maximum atomic E-state index is 11.4. The van der Waals surface area contributed by atoms with Gasteiger partial charge in [0.25, 0.3) is 5.91 Å². The molecule has 0 aliphatic carbocycles. The molecule has 0 aromatic heterocycles. The number of carbonyl (C=O) groups excluding carboxylic acids is 1. The predicted octanol–water partition coefficient (Wildman–Crippen LogP) is 3.39. The first-order valence-corrected chi connectivity index (χ1v) is 6.80. The van der Waals surface area contributed by atoms with E-state index in [2.05, 4.69) is 4.99 Å². The second-order valence-electron chi connectivity index (χ2n) is 4.86. The lowest BCUT2D eigenvalue weighted by Crippen LogP contribution is -2.10. The van der Waals surface area contributed by atoms with Crippen LogP contribution >= 0.6 is 0 Å². The van der Waals surface area contributed by atoms with Crippen LogP contribution in [0.4, 0.5) is 5.69 Å². The molecule has 0 aliphatic heterocycles. The largest absolute Gasteiger partial charge is 0.507 e. The van der Waals surface area contributed by atoms with E-state index in [1.165, 1.54) is 6.21 Å². The average molecular weight is 290 g/mol. The molecule has 0 aliphatic rings. The molecule has 0 fully saturated rings. The van der Waals surface area contributed by atoms with Crippen molar-refractivity contribution >= 4 is 28.6 Å². The van der Waals surface area contributed by atoms with Gasteiger partial charge in [-0.25, -0.2) is 0 Å². The van der Waals surface area contributed by atoms with Crippen molar-refractivity contribution in [2.24, 2.45) is 10.7 Å². The number of nitrogens with two attached hydrogens (primary N) is 1. The van der Waals surface area contributed by atoms with Gasteiger partial charge in [0.05, 0.1) is 11.3 Å². The molecule has 0 saturated heterocycles. The summed E-state index contributed by atoms with van der Waals surface area (Å²) in [5.74, 6) is -0.367. The lowest BCUT2D eigenvalue weighted by molar-refractivity contribution is 0.100. The number of fused-ring (bicyclic) bond motifs is 1. The molecule has 0 unspecified atom stereocenters. The number of phenolic OH excluding ortho intramolecular Hbond substituents is 1. The molecule has 0 atom stereocenters. The number of para-hydroxylation sites is 1. The van der Waals surface area contributed by atoms with E-state index in [9.17, 15) is 9.90 Å². The molecular formula is C18H14N2O2. The quantitative estimate of drug-likeness (QED) is 0.725. The Hall–Kier alpha value is -3.14. The highest BCUT2D eigenvalue weighted by Crippen LogP contribution is 2.28. The van der Waals surface area contributed by atoms with E-state index in [-0.39, 0.29) is 5.75 Å². The zero-order valence-corrected chi connectivity index (χ0v) is 11.7. The maximum Gasteiger partial charge on any atom is 0.250 e. The van der Waals surface area contributed by atoms with Crippen molar-refractivity contribution in [3.05, 3.63) is 71.8 Å². The molecule has 108 valence electrons. The number of aliphatic imine (C=N–C) groups is 1. The number of primary amides is 1. The normalized spacial score (nSPS) is 11.1. The smallest absolute Gasteiger partial charge is 0.250 e. The van der Waals surface area contributed by atoms with E-state index in [0.717, 1.165) is 10.8 Å². The van der Waals surface area contributed by atoms with Gasteiger partial charge in [0.15, 0.2) is 0 Å². The third-order valence-corrected chi connectivity index (χ3v) is 3.44. The second-order valence-corrected chi connectivity index (χ2v) is 4.86. The number of aromatic hydroxyl groups is 1. The van der Waals surface area contributed by atoms with Crippen molar-refractivity contribution in [1.29, 1.82) is 0 Å². The van der Waals surface area contributed by atoms with E-state index in [1.54, 1.807) is 30.3 Å². The summed E-state index contributed by atoms with van der Waals surface area (Å²) < 4.78 is 0. The van der Waals surface area contributed by atoms with Crippen LogP contribution in [0, 0.1) is 0 Å². The number of amides is 1. The fourth-order valence-electron chi connectivity index (χ4n) is 2.31. The fourth-order valence-corrected chi connectivity index (χ4v) is 2.31. The zero-order chi connectivity index (χ0) is 15.5. The molecule has 0 spiro atoms. The van der Waals surface area contributed by atoms with Gasteiger partial charge in [-0.2, -0.15) is 0 Å². The molecular weight excluding hydrogens is 276 g/mol. The SMILES string of the molecule is NC(=O)c1ccccc1N=Cc1ccc2ccccc2c1O. The van der Waals surface area contributed by atoms with Gasteiger partial charge >= 0.3 is 0 Å². The molecule has 0 saturated carbocycles. The number of carbonyl (C=O) groups is 1. The number of hydrogen-bond acceptors (Lipinski definition) is 3. The monoisotopic (exact) mass is 290 g/mol. The summed E-state index contributed by atoms with van der Waals surface area (Å²) in [6, 6.07) is 18.1. The third kappa shape index (κ3) is 2.54. The molecule has 3 aromatic rings. The van der Waals surface area contributed by atoms with Gasteiger partial charge in [-0.3, -0.25) is 9.79 Å². The highest BCUT2D eigenvalue weighted by atomic mass is 16.3. The summed E-state index contributed by atoms with van der Waals surface area (Å²) in [6.45, 7) is 0.